The van der Waals surface area contributed by atoms with Crippen LogP contribution in [0.4, 0.5) is 0 Å². The molecule has 4 heteroatoms. The van der Waals surface area contributed by atoms with Gasteiger partial charge in [0.15, 0.2) is 0 Å². The van der Waals surface area contributed by atoms with Gasteiger partial charge in [0.25, 0.3) is 0 Å². The predicted octanol–water partition coefficient (Wildman–Crippen LogP) is 3.04. The molecule has 4 nitrogen and oxygen atoms in total. The summed E-state index contributed by atoms with van der Waals surface area (Å²) in [5.74, 6) is 1.79. The van der Waals surface area contributed by atoms with Gasteiger partial charge in [-0.2, -0.15) is 0 Å². The highest BCUT2D eigenvalue weighted by molar-refractivity contribution is 5.15. The second-order valence-corrected chi connectivity index (χ2v) is 6.66. The van der Waals surface area contributed by atoms with Gasteiger partial charge in [-0.25, -0.2) is 4.98 Å². The van der Waals surface area contributed by atoms with Gasteiger partial charge in [0, 0.05) is 19.1 Å². The molecule has 0 saturated carbocycles. The first-order valence-corrected chi connectivity index (χ1v) is 8.51. The van der Waals surface area contributed by atoms with Crippen LogP contribution in [-0.4, -0.2) is 47.5 Å². The summed E-state index contributed by atoms with van der Waals surface area (Å²) in [6, 6.07) is 11.3. The summed E-state index contributed by atoms with van der Waals surface area (Å²) in [7, 11) is 2.20. The van der Waals surface area contributed by atoms with E-state index in [1.54, 1.807) is 0 Å². The van der Waals surface area contributed by atoms with E-state index in [1.807, 2.05) is 13.8 Å². The summed E-state index contributed by atoms with van der Waals surface area (Å²) in [4.78, 5) is 9.53. The van der Waals surface area contributed by atoms with Crippen LogP contribution in [0.5, 0.6) is 0 Å². The highest BCUT2D eigenvalue weighted by Gasteiger charge is 2.26. The molecular weight excluding hydrogens is 286 g/mol. The number of rotatable bonds is 6. The van der Waals surface area contributed by atoms with Crippen molar-refractivity contribution in [2.45, 2.75) is 39.3 Å². The summed E-state index contributed by atoms with van der Waals surface area (Å²) in [5.41, 5.74) is 2.40. The molecule has 2 heterocycles. The van der Waals surface area contributed by atoms with Gasteiger partial charge < -0.3 is 9.32 Å². The summed E-state index contributed by atoms with van der Waals surface area (Å²) < 4.78 is 5.82. The largest absolute Gasteiger partial charge is 0.444 e. The third kappa shape index (κ3) is 4.21. The van der Waals surface area contributed by atoms with Gasteiger partial charge in [-0.1, -0.05) is 30.3 Å². The zero-order valence-electron chi connectivity index (χ0n) is 14.5. The number of benzene rings is 1. The Morgan fingerprint density at radius 3 is 2.65 bits per heavy atom. The van der Waals surface area contributed by atoms with Crippen LogP contribution in [0.25, 0.3) is 0 Å². The Bertz CT molecular complexity index is 603. The first-order valence-electron chi connectivity index (χ1n) is 8.51. The van der Waals surface area contributed by atoms with E-state index < -0.39 is 0 Å². The molecule has 124 valence electrons. The quantitative estimate of drug-likeness (QED) is 0.820. The second-order valence-electron chi connectivity index (χ2n) is 6.66. The standard InChI is InChI=1S/C19H27N3O/c1-15-16(2)23-19(20-15)14-22(18-10-11-21(3)13-18)12-9-17-7-5-4-6-8-17/h4-8,18H,9-14H2,1-3H3. The molecule has 0 N–H and O–H groups in total. The zero-order chi connectivity index (χ0) is 16.2. The van der Waals surface area contributed by atoms with Crippen LogP contribution in [0.2, 0.25) is 0 Å². The third-order valence-corrected chi connectivity index (χ3v) is 4.82. The average Bonchev–Trinajstić information content (AvgIpc) is 3.11. The lowest BCUT2D eigenvalue weighted by Gasteiger charge is -2.27. The van der Waals surface area contributed by atoms with Crippen molar-refractivity contribution in [2.24, 2.45) is 0 Å². The molecule has 0 aliphatic carbocycles. The molecule has 1 unspecified atom stereocenters. The third-order valence-electron chi connectivity index (χ3n) is 4.82. The molecular formula is C19H27N3O. The fraction of sp³-hybridized carbons (Fsp3) is 0.526. The fourth-order valence-electron chi connectivity index (χ4n) is 3.30. The highest BCUT2D eigenvalue weighted by Crippen LogP contribution is 2.19. The van der Waals surface area contributed by atoms with E-state index in [0.717, 1.165) is 43.4 Å². The van der Waals surface area contributed by atoms with Gasteiger partial charge in [-0.15, -0.1) is 0 Å². The second kappa shape index (κ2) is 7.28. The average molecular weight is 313 g/mol. The zero-order valence-corrected chi connectivity index (χ0v) is 14.5. The van der Waals surface area contributed by atoms with Crippen molar-refractivity contribution in [1.29, 1.82) is 0 Å². The molecule has 0 spiro atoms. The molecule has 0 radical (unpaired) electrons. The monoisotopic (exact) mass is 313 g/mol. The summed E-state index contributed by atoms with van der Waals surface area (Å²) in [6.45, 7) is 8.16. The van der Waals surface area contributed by atoms with E-state index in [2.05, 4.69) is 52.2 Å². The van der Waals surface area contributed by atoms with Crippen LogP contribution in [0.15, 0.2) is 34.7 Å². The molecule has 1 saturated heterocycles. The molecule has 1 atom stereocenters. The van der Waals surface area contributed by atoms with Gasteiger partial charge in [0.1, 0.15) is 5.76 Å². The number of nitrogens with zero attached hydrogens (tertiary/aromatic N) is 3. The maximum atomic E-state index is 5.82. The first kappa shape index (κ1) is 16.2. The van der Waals surface area contributed by atoms with E-state index >= 15 is 0 Å². The molecule has 0 bridgehead atoms. The Balaban J connectivity index is 1.68. The Morgan fingerprint density at radius 2 is 2.04 bits per heavy atom. The van der Waals surface area contributed by atoms with E-state index in [9.17, 15) is 0 Å². The molecule has 0 amide bonds. The minimum atomic E-state index is 0.594. The van der Waals surface area contributed by atoms with Crippen molar-refractivity contribution >= 4 is 0 Å². The Kier molecular flexibility index (Phi) is 5.13. The minimum absolute atomic E-state index is 0.594. The predicted molar refractivity (Wildman–Crippen MR) is 92.4 cm³/mol. The van der Waals surface area contributed by atoms with Gasteiger partial charge in [-0.05, 0) is 45.8 Å². The van der Waals surface area contributed by atoms with E-state index in [4.69, 9.17) is 4.42 Å². The van der Waals surface area contributed by atoms with Crippen LogP contribution >= 0.6 is 0 Å². The molecule has 1 aromatic carbocycles. The van der Waals surface area contributed by atoms with Crippen molar-refractivity contribution < 1.29 is 4.42 Å². The number of oxazole rings is 1. The molecule has 1 aliphatic heterocycles. The van der Waals surface area contributed by atoms with E-state index in [0.29, 0.717) is 6.04 Å². The molecule has 2 aromatic rings. The Labute approximate surface area is 139 Å². The van der Waals surface area contributed by atoms with Crippen molar-refractivity contribution in [3.63, 3.8) is 0 Å². The lowest BCUT2D eigenvalue weighted by atomic mass is 10.1. The molecule has 1 fully saturated rings. The fourth-order valence-corrected chi connectivity index (χ4v) is 3.30. The van der Waals surface area contributed by atoms with Crippen LogP contribution in [0.1, 0.15) is 29.3 Å². The van der Waals surface area contributed by atoms with E-state index in [1.165, 1.54) is 18.5 Å². The summed E-state index contributed by atoms with van der Waals surface area (Å²) >= 11 is 0. The van der Waals surface area contributed by atoms with Crippen LogP contribution in [-0.2, 0) is 13.0 Å². The van der Waals surface area contributed by atoms with Crippen LogP contribution < -0.4 is 0 Å². The normalized spacial score (nSPS) is 18.9. The lowest BCUT2D eigenvalue weighted by Crippen LogP contribution is -2.38. The smallest absolute Gasteiger partial charge is 0.208 e. The number of likely N-dealkylation sites (tertiary alicyclic amines) is 1. The number of aromatic nitrogens is 1. The van der Waals surface area contributed by atoms with Gasteiger partial charge in [-0.3, -0.25) is 4.90 Å². The number of hydrogen-bond acceptors (Lipinski definition) is 4. The first-order chi connectivity index (χ1) is 11.1. The highest BCUT2D eigenvalue weighted by atomic mass is 16.4. The summed E-state index contributed by atoms with van der Waals surface area (Å²) in [6.07, 6.45) is 2.30. The van der Waals surface area contributed by atoms with Crippen LogP contribution in [0.3, 0.4) is 0 Å². The van der Waals surface area contributed by atoms with Crippen molar-refractivity contribution in [1.82, 2.24) is 14.8 Å². The lowest BCUT2D eigenvalue weighted by molar-refractivity contribution is 0.173. The van der Waals surface area contributed by atoms with Gasteiger partial charge in [0.2, 0.25) is 5.89 Å². The topological polar surface area (TPSA) is 32.5 Å². The van der Waals surface area contributed by atoms with E-state index in [-0.39, 0.29) is 0 Å². The minimum Gasteiger partial charge on any atom is -0.444 e. The molecule has 1 aliphatic rings. The Hall–Kier alpha value is -1.65. The van der Waals surface area contributed by atoms with Crippen LogP contribution in [0, 0.1) is 13.8 Å². The number of likely N-dealkylation sites (N-methyl/N-ethyl adjacent to an activating group) is 1. The number of aryl methyl sites for hydroxylation is 2. The maximum Gasteiger partial charge on any atom is 0.208 e. The van der Waals surface area contributed by atoms with Gasteiger partial charge >= 0.3 is 0 Å². The summed E-state index contributed by atoms with van der Waals surface area (Å²) in [5, 5.41) is 0. The molecule has 1 aromatic heterocycles. The number of hydrogen-bond donors (Lipinski definition) is 0. The Morgan fingerprint density at radius 1 is 1.26 bits per heavy atom. The maximum absolute atomic E-state index is 5.82. The van der Waals surface area contributed by atoms with Crippen molar-refractivity contribution in [2.75, 3.05) is 26.7 Å². The SMILES string of the molecule is Cc1nc(CN(CCc2ccccc2)C2CCN(C)C2)oc1C. The molecule has 3 rings (SSSR count). The van der Waals surface area contributed by atoms with Gasteiger partial charge in [0.05, 0.1) is 12.2 Å². The van der Waals surface area contributed by atoms with Crippen molar-refractivity contribution in [3.05, 3.63) is 53.2 Å². The molecule has 23 heavy (non-hydrogen) atoms. The van der Waals surface area contributed by atoms with Crippen molar-refractivity contribution in [3.8, 4) is 0 Å².